The molecule has 0 atom stereocenters. The minimum absolute atomic E-state index is 0.0250. The van der Waals surface area contributed by atoms with Gasteiger partial charge in [-0.1, -0.05) is 53.7 Å². The van der Waals surface area contributed by atoms with E-state index in [4.69, 9.17) is 0 Å². The molecule has 1 amide bonds. The zero-order chi connectivity index (χ0) is 23.0. The maximum Gasteiger partial charge on any atom is 0.260 e. The summed E-state index contributed by atoms with van der Waals surface area (Å²) in [5, 5.41) is 4.25. The molecule has 0 saturated carbocycles. The second-order valence-electron chi connectivity index (χ2n) is 10.3. The van der Waals surface area contributed by atoms with Gasteiger partial charge in [0.25, 0.3) is 5.91 Å². The van der Waals surface area contributed by atoms with Gasteiger partial charge in [0.2, 0.25) is 0 Å². The van der Waals surface area contributed by atoms with E-state index < -0.39 is 0 Å². The van der Waals surface area contributed by atoms with Crippen LogP contribution in [0, 0.1) is 13.8 Å². The normalized spacial score (nSPS) is 12.6. The van der Waals surface area contributed by atoms with E-state index in [-0.39, 0.29) is 23.3 Å². The van der Waals surface area contributed by atoms with Crippen molar-refractivity contribution < 1.29 is 4.79 Å². The molecule has 0 saturated heterocycles. The number of benzene rings is 2. The molecule has 31 heavy (non-hydrogen) atoms. The number of imidazole rings is 1. The first-order valence-corrected chi connectivity index (χ1v) is 10.8. The van der Waals surface area contributed by atoms with Crippen LogP contribution < -0.4 is 5.43 Å². The zero-order valence-electron chi connectivity index (χ0n) is 20.0. The zero-order valence-corrected chi connectivity index (χ0v) is 20.0. The van der Waals surface area contributed by atoms with E-state index in [9.17, 15) is 4.79 Å². The second-order valence-corrected chi connectivity index (χ2v) is 10.3. The van der Waals surface area contributed by atoms with Gasteiger partial charge >= 0.3 is 0 Å². The van der Waals surface area contributed by atoms with Crippen molar-refractivity contribution >= 4 is 23.2 Å². The fourth-order valence-corrected chi connectivity index (χ4v) is 4.12. The molecule has 1 N–H and O–H groups in total. The molecule has 1 heterocycles. The van der Waals surface area contributed by atoms with Crippen molar-refractivity contribution in [2.75, 3.05) is 0 Å². The van der Waals surface area contributed by atoms with Crippen LogP contribution in [-0.4, -0.2) is 21.7 Å². The average Bonchev–Trinajstić information content (AvgIpc) is 2.96. The Kier molecular flexibility index (Phi) is 6.08. The van der Waals surface area contributed by atoms with Gasteiger partial charge < -0.3 is 4.57 Å². The second kappa shape index (κ2) is 8.29. The summed E-state index contributed by atoms with van der Waals surface area (Å²) in [7, 11) is 0. The van der Waals surface area contributed by atoms with Crippen LogP contribution in [0.15, 0.2) is 41.5 Å². The number of hydrazone groups is 1. The van der Waals surface area contributed by atoms with E-state index >= 15 is 0 Å². The quantitative estimate of drug-likeness (QED) is 0.456. The van der Waals surface area contributed by atoms with Gasteiger partial charge in [0.15, 0.2) is 0 Å². The van der Waals surface area contributed by atoms with Crippen molar-refractivity contribution in [2.45, 2.75) is 72.8 Å². The highest BCUT2D eigenvalue weighted by molar-refractivity contribution is 5.84. The fourth-order valence-electron chi connectivity index (χ4n) is 4.12. The maximum absolute atomic E-state index is 12.5. The van der Waals surface area contributed by atoms with Crippen LogP contribution in [0.25, 0.3) is 11.0 Å². The molecule has 0 bridgehead atoms. The molecule has 3 rings (SSSR count). The minimum Gasteiger partial charge on any atom is -0.319 e. The minimum atomic E-state index is -0.179. The molecule has 2 aromatic carbocycles. The number of nitrogens with one attached hydrogen (secondary N) is 1. The smallest absolute Gasteiger partial charge is 0.260 e. The molecule has 5 heteroatoms. The first-order valence-electron chi connectivity index (χ1n) is 10.8. The van der Waals surface area contributed by atoms with E-state index in [0.717, 1.165) is 22.4 Å². The third-order valence-corrected chi connectivity index (χ3v) is 5.60. The predicted octanol–water partition coefficient (Wildman–Crippen LogP) is 5.40. The summed E-state index contributed by atoms with van der Waals surface area (Å²) >= 11 is 0. The summed E-state index contributed by atoms with van der Waals surface area (Å²) in [4.78, 5) is 17.0. The SMILES string of the molecule is Cc1c(C(C)(C)C)cc(/C=N\NC(=O)Cn2c(C)nc3ccccc32)cc1C(C)(C)C. The lowest BCUT2D eigenvalue weighted by molar-refractivity contribution is -0.121. The Hall–Kier alpha value is -2.95. The molecule has 3 aromatic rings. The standard InChI is InChI=1S/C26H34N4O/c1-17-20(25(3,4)5)13-19(14-21(17)26(6,7)8)15-27-29-24(31)16-30-18(2)28-22-11-9-10-12-23(22)30/h9-15H,16H2,1-8H3,(H,29,31)/b27-15-. The number of nitrogens with zero attached hydrogens (tertiary/aromatic N) is 3. The molecule has 0 aliphatic heterocycles. The van der Waals surface area contributed by atoms with Crippen LogP contribution >= 0.6 is 0 Å². The Balaban J connectivity index is 1.81. The Morgan fingerprint density at radius 2 is 1.61 bits per heavy atom. The number of para-hydroxylation sites is 2. The van der Waals surface area contributed by atoms with Crippen molar-refractivity contribution in [3.05, 3.63) is 64.5 Å². The maximum atomic E-state index is 12.5. The average molecular weight is 419 g/mol. The number of hydrogen-bond donors (Lipinski definition) is 1. The Morgan fingerprint density at radius 1 is 1.03 bits per heavy atom. The first-order chi connectivity index (χ1) is 14.4. The van der Waals surface area contributed by atoms with Gasteiger partial charge in [-0.25, -0.2) is 10.4 Å². The topological polar surface area (TPSA) is 59.3 Å². The molecule has 0 fully saturated rings. The van der Waals surface area contributed by atoms with Gasteiger partial charge in [-0.15, -0.1) is 0 Å². The number of aromatic nitrogens is 2. The number of carbonyl (C=O) groups is 1. The molecule has 0 unspecified atom stereocenters. The van der Waals surface area contributed by atoms with Crippen LogP contribution in [0.4, 0.5) is 0 Å². The third kappa shape index (κ3) is 5.04. The Morgan fingerprint density at radius 3 is 2.19 bits per heavy atom. The summed E-state index contributed by atoms with van der Waals surface area (Å²) in [6.45, 7) is 17.6. The van der Waals surface area contributed by atoms with Crippen LogP contribution in [0.3, 0.4) is 0 Å². The van der Waals surface area contributed by atoms with Crippen LogP contribution in [0.2, 0.25) is 0 Å². The van der Waals surface area contributed by atoms with Crippen molar-refractivity contribution in [1.29, 1.82) is 0 Å². The van der Waals surface area contributed by atoms with E-state index in [1.807, 2.05) is 35.8 Å². The monoisotopic (exact) mass is 418 g/mol. The first kappa shape index (κ1) is 22.7. The van der Waals surface area contributed by atoms with E-state index in [1.165, 1.54) is 16.7 Å². The summed E-state index contributed by atoms with van der Waals surface area (Å²) < 4.78 is 1.90. The Bertz CT molecular complexity index is 1110. The highest BCUT2D eigenvalue weighted by Crippen LogP contribution is 2.34. The van der Waals surface area contributed by atoms with Crippen LogP contribution in [0.5, 0.6) is 0 Å². The molecule has 1 aromatic heterocycles. The third-order valence-electron chi connectivity index (χ3n) is 5.60. The molecule has 164 valence electrons. The lowest BCUT2D eigenvalue weighted by Crippen LogP contribution is -2.24. The van der Waals surface area contributed by atoms with Crippen molar-refractivity contribution in [3.63, 3.8) is 0 Å². The van der Waals surface area contributed by atoms with Gasteiger partial charge in [-0.2, -0.15) is 5.10 Å². The van der Waals surface area contributed by atoms with E-state index in [1.54, 1.807) is 6.21 Å². The molecule has 5 nitrogen and oxygen atoms in total. The highest BCUT2D eigenvalue weighted by Gasteiger charge is 2.24. The van der Waals surface area contributed by atoms with Gasteiger partial charge in [-0.05, 0) is 71.2 Å². The number of rotatable bonds is 4. The van der Waals surface area contributed by atoms with Gasteiger partial charge in [0.1, 0.15) is 12.4 Å². The molecule has 0 spiro atoms. The highest BCUT2D eigenvalue weighted by atomic mass is 16.2. The molecule has 0 aliphatic rings. The number of hydrogen-bond acceptors (Lipinski definition) is 3. The van der Waals surface area contributed by atoms with E-state index in [0.29, 0.717) is 0 Å². The predicted molar refractivity (Wildman–Crippen MR) is 129 cm³/mol. The fraction of sp³-hybridized carbons (Fsp3) is 0.423. The van der Waals surface area contributed by atoms with Gasteiger partial charge in [-0.3, -0.25) is 4.79 Å². The van der Waals surface area contributed by atoms with Crippen molar-refractivity contribution in [2.24, 2.45) is 5.10 Å². The van der Waals surface area contributed by atoms with Crippen molar-refractivity contribution in [1.82, 2.24) is 15.0 Å². The summed E-state index contributed by atoms with van der Waals surface area (Å²) in [5.74, 6) is 0.630. The number of carbonyl (C=O) groups excluding carboxylic acids is 1. The molecule has 0 radical (unpaired) electrons. The number of aryl methyl sites for hydroxylation is 1. The lowest BCUT2D eigenvalue weighted by Gasteiger charge is -2.29. The number of fused-ring (bicyclic) bond motifs is 1. The van der Waals surface area contributed by atoms with Crippen LogP contribution in [0.1, 0.15) is 69.6 Å². The summed E-state index contributed by atoms with van der Waals surface area (Å²) in [5.41, 5.74) is 9.47. The lowest BCUT2D eigenvalue weighted by atomic mass is 9.76. The number of amides is 1. The molecular formula is C26H34N4O. The van der Waals surface area contributed by atoms with Gasteiger partial charge in [0.05, 0.1) is 17.2 Å². The molecular weight excluding hydrogens is 384 g/mol. The van der Waals surface area contributed by atoms with Gasteiger partial charge in [0, 0.05) is 0 Å². The van der Waals surface area contributed by atoms with E-state index in [2.05, 4.69) is 76.1 Å². The Labute approximate surface area is 185 Å². The van der Waals surface area contributed by atoms with Crippen LogP contribution in [-0.2, 0) is 22.2 Å². The molecule has 0 aliphatic carbocycles. The summed E-state index contributed by atoms with van der Waals surface area (Å²) in [6, 6.07) is 12.2. The van der Waals surface area contributed by atoms with Crippen molar-refractivity contribution in [3.8, 4) is 0 Å². The summed E-state index contributed by atoms with van der Waals surface area (Å²) in [6.07, 6.45) is 1.74. The largest absolute Gasteiger partial charge is 0.319 e.